The van der Waals surface area contributed by atoms with Crippen molar-refractivity contribution in [2.45, 2.75) is 24.7 Å². The van der Waals surface area contributed by atoms with Crippen LogP contribution in [0.1, 0.15) is 31.4 Å². The van der Waals surface area contributed by atoms with Crippen LogP contribution in [-0.2, 0) is 9.84 Å². The Hall–Kier alpha value is -3.24. The highest BCUT2D eigenvalue weighted by atomic mass is 32.2. The van der Waals surface area contributed by atoms with E-state index in [-0.39, 0.29) is 22.5 Å². The van der Waals surface area contributed by atoms with Gasteiger partial charge in [0.25, 0.3) is 0 Å². The van der Waals surface area contributed by atoms with Gasteiger partial charge < -0.3 is 4.42 Å². The number of sulfone groups is 1. The summed E-state index contributed by atoms with van der Waals surface area (Å²) in [5, 5.41) is 9.41. The third kappa shape index (κ3) is 3.87. The van der Waals surface area contributed by atoms with Crippen LogP contribution in [0.2, 0.25) is 0 Å². The Labute approximate surface area is 162 Å². The minimum absolute atomic E-state index is 0.000851. The van der Waals surface area contributed by atoms with Gasteiger partial charge >= 0.3 is 0 Å². The van der Waals surface area contributed by atoms with Crippen molar-refractivity contribution in [3.63, 3.8) is 0 Å². The molecule has 7 heteroatoms. The van der Waals surface area contributed by atoms with Crippen molar-refractivity contribution in [2.75, 3.05) is 0 Å². The first-order valence-electron chi connectivity index (χ1n) is 8.51. The van der Waals surface area contributed by atoms with Crippen molar-refractivity contribution in [1.29, 1.82) is 5.26 Å². The molecule has 28 heavy (non-hydrogen) atoms. The van der Waals surface area contributed by atoms with Gasteiger partial charge in [-0.05, 0) is 42.3 Å². The lowest BCUT2D eigenvalue weighted by molar-refractivity contribution is 0.558. The van der Waals surface area contributed by atoms with Crippen LogP contribution in [0.3, 0.4) is 0 Å². The lowest BCUT2D eigenvalue weighted by Crippen LogP contribution is -2.03. The van der Waals surface area contributed by atoms with Gasteiger partial charge in [0, 0.05) is 11.6 Å². The molecule has 0 unspecified atom stereocenters. The zero-order chi connectivity index (χ0) is 20.3. The van der Waals surface area contributed by atoms with Crippen LogP contribution in [0, 0.1) is 17.1 Å². The third-order valence-electron chi connectivity index (χ3n) is 4.03. The fraction of sp³-hybridized carbons (Fsp3) is 0.143. The molecule has 3 aromatic rings. The van der Waals surface area contributed by atoms with Crippen LogP contribution < -0.4 is 0 Å². The molecule has 1 aromatic heterocycles. The van der Waals surface area contributed by atoms with Gasteiger partial charge in [0.2, 0.25) is 15.7 Å². The van der Waals surface area contributed by atoms with Crippen LogP contribution in [0.4, 0.5) is 4.39 Å². The van der Waals surface area contributed by atoms with Crippen LogP contribution >= 0.6 is 0 Å². The molecule has 0 aliphatic heterocycles. The summed E-state index contributed by atoms with van der Waals surface area (Å²) in [4.78, 5) is 3.89. The highest BCUT2D eigenvalue weighted by Gasteiger charge is 2.23. The second-order valence-corrected chi connectivity index (χ2v) is 8.28. The quantitative estimate of drug-likeness (QED) is 0.570. The number of rotatable bonds is 5. The van der Waals surface area contributed by atoms with Crippen molar-refractivity contribution < 1.29 is 17.2 Å². The van der Waals surface area contributed by atoms with Gasteiger partial charge in [-0.3, -0.25) is 0 Å². The maximum absolute atomic E-state index is 13.2. The molecule has 0 aliphatic carbocycles. The maximum Gasteiger partial charge on any atom is 0.221 e. The molecular weight excluding hydrogens is 379 g/mol. The Morgan fingerprint density at radius 3 is 2.36 bits per heavy atom. The highest BCUT2D eigenvalue weighted by Crippen LogP contribution is 2.31. The highest BCUT2D eigenvalue weighted by molar-refractivity contribution is 7.95. The van der Waals surface area contributed by atoms with Gasteiger partial charge in [-0.1, -0.05) is 32.0 Å². The van der Waals surface area contributed by atoms with Gasteiger partial charge in [0.1, 0.15) is 11.9 Å². The molecular formula is C21H17FN2O3S. The zero-order valence-electron chi connectivity index (χ0n) is 15.3. The summed E-state index contributed by atoms with van der Waals surface area (Å²) in [6.45, 7) is 3.81. The smallest absolute Gasteiger partial charge is 0.221 e. The van der Waals surface area contributed by atoms with Crippen molar-refractivity contribution in [3.8, 4) is 17.4 Å². The summed E-state index contributed by atoms with van der Waals surface area (Å²) in [5.41, 5.74) is 1.20. The van der Waals surface area contributed by atoms with E-state index in [1.165, 1.54) is 24.3 Å². The second-order valence-electron chi connectivity index (χ2n) is 6.36. The van der Waals surface area contributed by atoms with E-state index in [9.17, 15) is 18.1 Å². The first-order chi connectivity index (χ1) is 13.3. The minimum Gasteiger partial charge on any atom is -0.436 e. The predicted octanol–water partition coefficient (Wildman–Crippen LogP) is 4.94. The summed E-state index contributed by atoms with van der Waals surface area (Å²) >= 11 is 0. The average molecular weight is 396 g/mol. The predicted molar refractivity (Wildman–Crippen MR) is 103 cm³/mol. The second kappa shape index (κ2) is 7.79. The molecule has 142 valence electrons. The normalized spacial score (nSPS) is 12.2. The Morgan fingerprint density at radius 1 is 1.14 bits per heavy atom. The molecule has 0 aliphatic rings. The SMILES string of the molecule is CC(C)c1nc(/C=C(\C#N)S(=O)(=O)c2ccccc2)oc1-c1ccc(F)cc1. The number of oxazole rings is 1. The molecule has 0 saturated carbocycles. The van der Waals surface area contributed by atoms with E-state index in [2.05, 4.69) is 4.98 Å². The lowest BCUT2D eigenvalue weighted by Gasteiger charge is -2.03. The molecule has 3 rings (SSSR count). The zero-order valence-corrected chi connectivity index (χ0v) is 16.1. The fourth-order valence-electron chi connectivity index (χ4n) is 2.62. The van der Waals surface area contributed by atoms with Crippen molar-refractivity contribution in [3.05, 3.63) is 76.9 Å². The molecule has 0 saturated heterocycles. The van der Waals surface area contributed by atoms with E-state index in [1.807, 2.05) is 13.8 Å². The average Bonchev–Trinajstić information content (AvgIpc) is 3.11. The minimum atomic E-state index is -3.99. The Morgan fingerprint density at radius 2 is 1.79 bits per heavy atom. The van der Waals surface area contributed by atoms with Gasteiger partial charge in [0.05, 0.1) is 10.6 Å². The molecule has 5 nitrogen and oxygen atoms in total. The van der Waals surface area contributed by atoms with Crippen molar-refractivity contribution in [2.24, 2.45) is 0 Å². The van der Waals surface area contributed by atoms with Gasteiger partial charge in [-0.25, -0.2) is 17.8 Å². The molecule has 0 N–H and O–H groups in total. The molecule has 0 bridgehead atoms. The number of nitriles is 1. The molecule has 2 aromatic carbocycles. The number of nitrogens with zero attached hydrogens (tertiary/aromatic N) is 2. The molecule has 0 atom stereocenters. The number of aromatic nitrogens is 1. The summed E-state index contributed by atoms with van der Waals surface area (Å²) in [6, 6.07) is 15.1. The van der Waals surface area contributed by atoms with E-state index in [1.54, 1.807) is 36.4 Å². The number of benzene rings is 2. The van der Waals surface area contributed by atoms with E-state index < -0.39 is 14.7 Å². The summed E-state index contributed by atoms with van der Waals surface area (Å²) in [7, 11) is -3.99. The number of hydrogen-bond acceptors (Lipinski definition) is 5. The first kappa shape index (κ1) is 19.5. The van der Waals surface area contributed by atoms with Crippen LogP contribution in [0.25, 0.3) is 17.4 Å². The largest absolute Gasteiger partial charge is 0.436 e. The fourth-order valence-corrected chi connectivity index (χ4v) is 3.76. The molecule has 0 amide bonds. The lowest BCUT2D eigenvalue weighted by atomic mass is 10.0. The first-order valence-corrected chi connectivity index (χ1v) is 10.00. The molecule has 1 heterocycles. The van der Waals surface area contributed by atoms with E-state index in [0.29, 0.717) is 17.0 Å². The van der Waals surface area contributed by atoms with Crippen molar-refractivity contribution >= 4 is 15.9 Å². The molecule has 0 radical (unpaired) electrons. The van der Waals surface area contributed by atoms with Crippen LogP contribution in [-0.4, -0.2) is 13.4 Å². The third-order valence-corrected chi connectivity index (χ3v) is 5.71. The van der Waals surface area contributed by atoms with Crippen LogP contribution in [0.5, 0.6) is 0 Å². The van der Waals surface area contributed by atoms with E-state index in [4.69, 9.17) is 4.42 Å². The Kier molecular flexibility index (Phi) is 5.43. The Balaban J connectivity index is 2.09. The monoisotopic (exact) mass is 396 g/mol. The van der Waals surface area contributed by atoms with Crippen LogP contribution in [0.15, 0.2) is 68.8 Å². The number of allylic oxidation sites excluding steroid dienone is 1. The number of hydrogen-bond donors (Lipinski definition) is 0. The van der Waals surface area contributed by atoms with E-state index >= 15 is 0 Å². The molecule has 0 fully saturated rings. The summed E-state index contributed by atoms with van der Waals surface area (Å²) < 4.78 is 44.4. The topological polar surface area (TPSA) is 84.0 Å². The van der Waals surface area contributed by atoms with Gasteiger partial charge in [0.15, 0.2) is 10.7 Å². The van der Waals surface area contributed by atoms with Gasteiger partial charge in [-0.2, -0.15) is 5.26 Å². The number of halogens is 1. The summed E-state index contributed by atoms with van der Waals surface area (Å²) in [5.74, 6) is 0.00662. The summed E-state index contributed by atoms with van der Waals surface area (Å²) in [6.07, 6.45) is 1.11. The Bertz CT molecular complexity index is 1160. The van der Waals surface area contributed by atoms with E-state index in [0.717, 1.165) is 6.08 Å². The standard InChI is InChI=1S/C21H17FN2O3S/c1-14(2)20-21(15-8-10-16(22)11-9-15)27-19(24-20)12-18(13-23)28(25,26)17-6-4-3-5-7-17/h3-12,14H,1-2H3/b18-12+. The van der Waals surface area contributed by atoms with Crippen molar-refractivity contribution in [1.82, 2.24) is 4.98 Å². The maximum atomic E-state index is 13.2. The molecule has 0 spiro atoms. The van der Waals surface area contributed by atoms with Gasteiger partial charge in [-0.15, -0.1) is 0 Å².